The van der Waals surface area contributed by atoms with Crippen molar-refractivity contribution in [2.45, 2.75) is 77.6 Å². The molecule has 0 radical (unpaired) electrons. The van der Waals surface area contributed by atoms with Gasteiger partial charge in [0, 0.05) is 11.8 Å². The molecule has 0 aliphatic heterocycles. The summed E-state index contributed by atoms with van der Waals surface area (Å²) in [6.45, 7) is 2.25. The molecule has 0 rings (SSSR count). The maximum Gasteiger partial charge on any atom is 0.123 e. The highest BCUT2D eigenvalue weighted by Crippen LogP contribution is 2.14. The fourth-order valence-electron chi connectivity index (χ4n) is 2.14. The highest BCUT2D eigenvalue weighted by atomic mass is 35.5. The number of rotatable bonds is 13. The Kier molecular flexibility index (Phi) is 14.0. The number of unbranched alkanes of at least 4 members (excludes halogenated alkanes) is 8. The first-order chi connectivity index (χ1) is 8.35. The van der Waals surface area contributed by atoms with Crippen molar-refractivity contribution >= 4 is 17.9 Å². The number of alkyl halides is 1. The molecule has 0 N–H and O–H groups in total. The van der Waals surface area contributed by atoms with Crippen LogP contribution in [0.2, 0.25) is 0 Å². The van der Waals surface area contributed by atoms with Crippen LogP contribution in [0.25, 0.3) is 0 Å². The van der Waals surface area contributed by atoms with Crippen molar-refractivity contribution in [2.75, 3.05) is 5.88 Å². The zero-order valence-corrected chi connectivity index (χ0v) is 12.2. The number of hydrogen-bond donors (Lipinski definition) is 0. The molecule has 0 heterocycles. The van der Waals surface area contributed by atoms with Crippen molar-refractivity contribution < 1.29 is 4.79 Å². The molecule has 1 nitrogen and oxygen atoms in total. The van der Waals surface area contributed by atoms with Gasteiger partial charge in [-0.05, 0) is 12.8 Å². The fourth-order valence-corrected chi connectivity index (χ4v) is 2.42. The van der Waals surface area contributed by atoms with E-state index in [1.807, 2.05) is 0 Å². The molecular weight excluding hydrogens is 232 g/mol. The number of hydrogen-bond acceptors (Lipinski definition) is 1. The van der Waals surface area contributed by atoms with E-state index in [1.165, 1.54) is 57.8 Å². The molecule has 0 aromatic carbocycles. The van der Waals surface area contributed by atoms with Crippen LogP contribution in [-0.4, -0.2) is 12.2 Å². The second-order valence-corrected chi connectivity index (χ2v) is 5.37. The summed E-state index contributed by atoms with van der Waals surface area (Å²) in [5.74, 6) is 0.818. The summed E-state index contributed by atoms with van der Waals surface area (Å²) in [6.07, 6.45) is 15.0. The van der Waals surface area contributed by atoms with Crippen LogP contribution in [-0.2, 0) is 4.79 Å². The normalized spacial score (nSPS) is 12.6. The molecule has 0 fully saturated rings. The largest absolute Gasteiger partial charge is 0.303 e. The fraction of sp³-hybridized carbons (Fsp3) is 0.933. The lowest BCUT2D eigenvalue weighted by Gasteiger charge is -2.07. The number of halogens is 1. The Morgan fingerprint density at radius 1 is 0.882 bits per heavy atom. The molecule has 0 saturated heterocycles. The van der Waals surface area contributed by atoms with Crippen LogP contribution in [0, 0.1) is 5.92 Å². The van der Waals surface area contributed by atoms with E-state index in [0.717, 1.165) is 19.1 Å². The molecule has 1 unspecified atom stereocenters. The van der Waals surface area contributed by atoms with E-state index in [1.54, 1.807) is 0 Å². The van der Waals surface area contributed by atoms with Crippen LogP contribution in [0.3, 0.4) is 0 Å². The highest BCUT2D eigenvalue weighted by Gasteiger charge is 2.05. The average molecular weight is 261 g/mol. The van der Waals surface area contributed by atoms with Gasteiger partial charge >= 0.3 is 0 Å². The smallest absolute Gasteiger partial charge is 0.123 e. The van der Waals surface area contributed by atoms with Gasteiger partial charge in [-0.2, -0.15) is 0 Å². The number of aldehydes is 1. The number of carbonyl (C=O) groups excluding carboxylic acids is 1. The zero-order valence-electron chi connectivity index (χ0n) is 11.4. The summed E-state index contributed by atoms with van der Waals surface area (Å²) in [5.41, 5.74) is 0. The third-order valence-corrected chi connectivity index (χ3v) is 3.57. The molecule has 2 heteroatoms. The second kappa shape index (κ2) is 14.0. The quantitative estimate of drug-likeness (QED) is 0.248. The lowest BCUT2D eigenvalue weighted by Crippen LogP contribution is -2.02. The minimum atomic E-state index is 0.206. The molecule has 0 aromatic heterocycles. The third-order valence-electron chi connectivity index (χ3n) is 3.35. The molecule has 0 bridgehead atoms. The Bertz CT molecular complexity index is 159. The molecule has 0 aromatic rings. The van der Waals surface area contributed by atoms with Gasteiger partial charge in [0.25, 0.3) is 0 Å². The van der Waals surface area contributed by atoms with Crippen molar-refractivity contribution in [1.29, 1.82) is 0 Å². The Balaban J connectivity index is 3.14. The highest BCUT2D eigenvalue weighted by molar-refractivity contribution is 6.17. The first-order valence-corrected chi connectivity index (χ1v) is 7.89. The predicted molar refractivity (Wildman–Crippen MR) is 76.7 cm³/mol. The van der Waals surface area contributed by atoms with Crippen molar-refractivity contribution in [3.05, 3.63) is 0 Å². The third kappa shape index (κ3) is 12.2. The molecule has 0 aliphatic carbocycles. The van der Waals surface area contributed by atoms with Gasteiger partial charge in [-0.15, -0.1) is 11.6 Å². The zero-order chi connectivity index (χ0) is 12.8. The summed E-state index contributed by atoms with van der Waals surface area (Å²) < 4.78 is 0. The summed E-state index contributed by atoms with van der Waals surface area (Å²) >= 11 is 5.64. The maximum absolute atomic E-state index is 10.7. The Labute approximate surface area is 112 Å². The summed E-state index contributed by atoms with van der Waals surface area (Å²) in [5, 5.41) is 0. The molecular formula is C15H29ClO. The van der Waals surface area contributed by atoms with E-state index in [2.05, 4.69) is 6.92 Å². The van der Waals surface area contributed by atoms with Gasteiger partial charge in [-0.3, -0.25) is 0 Å². The Hall–Kier alpha value is -0.0400. The standard InChI is InChI=1S/C15H29ClO/c1-2-3-4-5-6-7-8-9-10-11-15(14-17)12-13-16/h14-15H,2-13H2,1H3. The molecule has 0 spiro atoms. The molecule has 0 saturated carbocycles. The van der Waals surface area contributed by atoms with Crippen LogP contribution >= 0.6 is 11.6 Å². The summed E-state index contributed by atoms with van der Waals surface area (Å²) in [4.78, 5) is 10.7. The van der Waals surface area contributed by atoms with E-state index in [-0.39, 0.29) is 5.92 Å². The molecule has 0 aliphatic rings. The topological polar surface area (TPSA) is 17.1 Å². The minimum absolute atomic E-state index is 0.206. The van der Waals surface area contributed by atoms with E-state index in [4.69, 9.17) is 11.6 Å². The van der Waals surface area contributed by atoms with E-state index in [0.29, 0.717) is 5.88 Å². The van der Waals surface area contributed by atoms with Crippen LogP contribution in [0.4, 0.5) is 0 Å². The molecule has 0 amide bonds. The molecule has 1 atom stereocenters. The minimum Gasteiger partial charge on any atom is -0.303 e. The van der Waals surface area contributed by atoms with Gasteiger partial charge in [0.15, 0.2) is 0 Å². The first kappa shape index (κ1) is 17.0. The van der Waals surface area contributed by atoms with Crippen LogP contribution in [0.5, 0.6) is 0 Å². The number of carbonyl (C=O) groups is 1. The van der Waals surface area contributed by atoms with Gasteiger partial charge in [0.1, 0.15) is 6.29 Å². The van der Waals surface area contributed by atoms with E-state index < -0.39 is 0 Å². The maximum atomic E-state index is 10.7. The average Bonchev–Trinajstić information content (AvgIpc) is 2.35. The lowest BCUT2D eigenvalue weighted by atomic mass is 9.99. The van der Waals surface area contributed by atoms with Crippen molar-refractivity contribution in [3.8, 4) is 0 Å². The summed E-state index contributed by atoms with van der Waals surface area (Å²) in [6, 6.07) is 0. The predicted octanol–water partition coefficient (Wildman–Crippen LogP) is 5.35. The van der Waals surface area contributed by atoms with Gasteiger partial charge < -0.3 is 4.79 Å². The van der Waals surface area contributed by atoms with Crippen molar-refractivity contribution in [2.24, 2.45) is 5.92 Å². The molecule has 102 valence electrons. The van der Waals surface area contributed by atoms with E-state index in [9.17, 15) is 4.79 Å². The van der Waals surface area contributed by atoms with Gasteiger partial charge in [-0.1, -0.05) is 64.7 Å². The monoisotopic (exact) mass is 260 g/mol. The van der Waals surface area contributed by atoms with Crippen LogP contribution in [0.15, 0.2) is 0 Å². The van der Waals surface area contributed by atoms with Gasteiger partial charge in [-0.25, -0.2) is 0 Å². The summed E-state index contributed by atoms with van der Waals surface area (Å²) in [7, 11) is 0. The van der Waals surface area contributed by atoms with Crippen LogP contribution < -0.4 is 0 Å². The van der Waals surface area contributed by atoms with Crippen LogP contribution in [0.1, 0.15) is 77.6 Å². The first-order valence-electron chi connectivity index (χ1n) is 7.36. The van der Waals surface area contributed by atoms with Gasteiger partial charge in [0.2, 0.25) is 0 Å². The SMILES string of the molecule is CCCCCCCCCCCC(C=O)CCCl. The second-order valence-electron chi connectivity index (χ2n) is 4.99. The van der Waals surface area contributed by atoms with Crippen molar-refractivity contribution in [3.63, 3.8) is 0 Å². The van der Waals surface area contributed by atoms with Crippen molar-refractivity contribution in [1.82, 2.24) is 0 Å². The molecule has 17 heavy (non-hydrogen) atoms. The lowest BCUT2D eigenvalue weighted by molar-refractivity contribution is -0.111. The van der Waals surface area contributed by atoms with Gasteiger partial charge in [0.05, 0.1) is 0 Å². The Morgan fingerprint density at radius 2 is 1.41 bits per heavy atom. The van der Waals surface area contributed by atoms with E-state index >= 15 is 0 Å². The Morgan fingerprint density at radius 3 is 1.88 bits per heavy atom.